The predicted molar refractivity (Wildman–Crippen MR) is 64.6 cm³/mol. The SMILES string of the molecule is CCN(CC1CCCO1)C(C)CNCC(F)(F)F. The van der Waals surface area contributed by atoms with E-state index in [4.69, 9.17) is 4.74 Å². The summed E-state index contributed by atoms with van der Waals surface area (Å²) in [6, 6.07) is 0.0848. The molecule has 0 spiro atoms. The fourth-order valence-corrected chi connectivity index (χ4v) is 2.22. The lowest BCUT2D eigenvalue weighted by Gasteiger charge is -2.30. The largest absolute Gasteiger partial charge is 0.401 e. The molecule has 1 N–H and O–H groups in total. The van der Waals surface area contributed by atoms with Crippen molar-refractivity contribution in [3.63, 3.8) is 0 Å². The molecule has 1 rings (SSSR count). The Kier molecular flexibility index (Phi) is 6.38. The molecule has 0 amide bonds. The summed E-state index contributed by atoms with van der Waals surface area (Å²) in [5, 5.41) is 2.46. The van der Waals surface area contributed by atoms with Gasteiger partial charge in [-0.1, -0.05) is 6.92 Å². The van der Waals surface area contributed by atoms with Gasteiger partial charge in [-0.2, -0.15) is 13.2 Å². The highest BCUT2D eigenvalue weighted by Gasteiger charge is 2.27. The molecular weight excluding hydrogens is 245 g/mol. The van der Waals surface area contributed by atoms with Gasteiger partial charge < -0.3 is 10.1 Å². The monoisotopic (exact) mass is 268 g/mol. The number of likely N-dealkylation sites (N-methyl/N-ethyl adjacent to an activating group) is 1. The van der Waals surface area contributed by atoms with Gasteiger partial charge in [-0.3, -0.25) is 4.90 Å². The van der Waals surface area contributed by atoms with Gasteiger partial charge >= 0.3 is 6.18 Å². The number of halogens is 3. The molecule has 0 aromatic carbocycles. The first-order chi connectivity index (χ1) is 8.42. The van der Waals surface area contributed by atoms with Crippen molar-refractivity contribution in [2.24, 2.45) is 0 Å². The summed E-state index contributed by atoms with van der Waals surface area (Å²) in [6.45, 7) is 5.84. The summed E-state index contributed by atoms with van der Waals surface area (Å²) in [5.41, 5.74) is 0. The second-order valence-electron chi connectivity index (χ2n) is 4.82. The highest BCUT2D eigenvalue weighted by atomic mass is 19.4. The summed E-state index contributed by atoms with van der Waals surface area (Å²) in [7, 11) is 0. The number of alkyl halides is 3. The Balaban J connectivity index is 2.25. The number of rotatable bonds is 7. The zero-order valence-corrected chi connectivity index (χ0v) is 11.1. The van der Waals surface area contributed by atoms with Crippen LogP contribution in [0.25, 0.3) is 0 Å². The van der Waals surface area contributed by atoms with Gasteiger partial charge in [0.05, 0.1) is 12.6 Å². The molecule has 0 aliphatic carbocycles. The van der Waals surface area contributed by atoms with E-state index in [1.54, 1.807) is 0 Å². The normalized spacial score (nSPS) is 22.7. The number of nitrogens with one attached hydrogen (secondary N) is 1. The quantitative estimate of drug-likeness (QED) is 0.764. The van der Waals surface area contributed by atoms with E-state index in [-0.39, 0.29) is 12.1 Å². The van der Waals surface area contributed by atoms with Gasteiger partial charge in [0.1, 0.15) is 0 Å². The van der Waals surface area contributed by atoms with Crippen molar-refractivity contribution in [3.8, 4) is 0 Å². The summed E-state index contributed by atoms with van der Waals surface area (Å²) in [5.74, 6) is 0. The lowest BCUT2D eigenvalue weighted by Crippen LogP contribution is -2.45. The lowest BCUT2D eigenvalue weighted by molar-refractivity contribution is -0.125. The lowest BCUT2D eigenvalue weighted by atomic mass is 10.2. The molecule has 2 atom stereocenters. The van der Waals surface area contributed by atoms with Crippen LogP contribution in [0.1, 0.15) is 26.7 Å². The van der Waals surface area contributed by atoms with Crippen molar-refractivity contribution >= 4 is 0 Å². The molecule has 1 aliphatic heterocycles. The van der Waals surface area contributed by atoms with Crippen molar-refractivity contribution in [1.82, 2.24) is 10.2 Å². The van der Waals surface area contributed by atoms with Crippen LogP contribution in [0.5, 0.6) is 0 Å². The third-order valence-corrected chi connectivity index (χ3v) is 3.26. The summed E-state index contributed by atoms with van der Waals surface area (Å²) in [4.78, 5) is 2.17. The van der Waals surface area contributed by atoms with Crippen LogP contribution in [-0.4, -0.2) is 56.0 Å². The molecule has 1 fully saturated rings. The minimum Gasteiger partial charge on any atom is -0.377 e. The molecule has 108 valence electrons. The molecule has 0 bridgehead atoms. The predicted octanol–water partition coefficient (Wildman–Crippen LogP) is 2.03. The zero-order valence-electron chi connectivity index (χ0n) is 11.1. The Morgan fingerprint density at radius 1 is 1.44 bits per heavy atom. The van der Waals surface area contributed by atoms with Gasteiger partial charge in [0.2, 0.25) is 0 Å². The van der Waals surface area contributed by atoms with Crippen LogP contribution in [-0.2, 0) is 4.74 Å². The second-order valence-corrected chi connectivity index (χ2v) is 4.82. The van der Waals surface area contributed by atoms with E-state index in [1.807, 2.05) is 13.8 Å². The summed E-state index contributed by atoms with van der Waals surface area (Å²) >= 11 is 0. The number of hydrogen-bond donors (Lipinski definition) is 1. The molecule has 0 saturated carbocycles. The first-order valence-electron chi connectivity index (χ1n) is 6.55. The van der Waals surface area contributed by atoms with Gasteiger partial charge in [0, 0.05) is 25.7 Å². The Hall–Kier alpha value is -0.330. The van der Waals surface area contributed by atoms with Crippen LogP contribution in [0.3, 0.4) is 0 Å². The smallest absolute Gasteiger partial charge is 0.377 e. The van der Waals surface area contributed by atoms with Gasteiger partial charge in [0.25, 0.3) is 0 Å². The fraction of sp³-hybridized carbons (Fsp3) is 1.00. The van der Waals surface area contributed by atoms with Gasteiger partial charge in [0.15, 0.2) is 0 Å². The summed E-state index contributed by atoms with van der Waals surface area (Å²) in [6.07, 6.45) is -1.75. The van der Waals surface area contributed by atoms with Crippen LogP contribution >= 0.6 is 0 Å². The number of hydrogen-bond acceptors (Lipinski definition) is 3. The molecule has 0 radical (unpaired) electrons. The van der Waals surface area contributed by atoms with E-state index in [0.29, 0.717) is 6.54 Å². The van der Waals surface area contributed by atoms with E-state index in [0.717, 1.165) is 32.5 Å². The first-order valence-corrected chi connectivity index (χ1v) is 6.55. The number of nitrogens with zero attached hydrogens (tertiary/aromatic N) is 1. The third kappa shape index (κ3) is 6.02. The molecule has 6 heteroatoms. The van der Waals surface area contributed by atoms with Gasteiger partial charge in [-0.15, -0.1) is 0 Å². The van der Waals surface area contributed by atoms with Gasteiger partial charge in [-0.25, -0.2) is 0 Å². The fourth-order valence-electron chi connectivity index (χ4n) is 2.22. The molecule has 1 aliphatic rings. The van der Waals surface area contributed by atoms with E-state index in [9.17, 15) is 13.2 Å². The minimum absolute atomic E-state index is 0.0848. The molecule has 1 saturated heterocycles. The maximum Gasteiger partial charge on any atom is 0.401 e. The van der Waals surface area contributed by atoms with Crippen molar-refractivity contribution < 1.29 is 17.9 Å². The average Bonchev–Trinajstić information content (AvgIpc) is 2.76. The third-order valence-electron chi connectivity index (χ3n) is 3.26. The Morgan fingerprint density at radius 2 is 2.17 bits per heavy atom. The Bertz CT molecular complexity index is 230. The topological polar surface area (TPSA) is 24.5 Å². The maximum absolute atomic E-state index is 12.0. The molecule has 0 aromatic rings. The second kappa shape index (κ2) is 7.31. The van der Waals surface area contributed by atoms with E-state index >= 15 is 0 Å². The van der Waals surface area contributed by atoms with Crippen molar-refractivity contribution in [2.75, 3.05) is 32.8 Å². The van der Waals surface area contributed by atoms with Crippen LogP contribution < -0.4 is 5.32 Å². The van der Waals surface area contributed by atoms with E-state index in [1.165, 1.54) is 0 Å². The Labute approximate surface area is 107 Å². The van der Waals surface area contributed by atoms with Crippen LogP contribution in [0.2, 0.25) is 0 Å². The van der Waals surface area contributed by atoms with Crippen molar-refractivity contribution in [2.45, 2.75) is 45.0 Å². The molecule has 18 heavy (non-hydrogen) atoms. The maximum atomic E-state index is 12.0. The molecule has 0 aromatic heterocycles. The van der Waals surface area contributed by atoms with E-state index < -0.39 is 12.7 Å². The summed E-state index contributed by atoms with van der Waals surface area (Å²) < 4.78 is 41.6. The Morgan fingerprint density at radius 3 is 2.67 bits per heavy atom. The first kappa shape index (κ1) is 15.7. The standard InChI is InChI=1S/C12H23F3N2O/c1-3-17(8-11-5-4-6-18-11)10(2)7-16-9-12(13,14)15/h10-11,16H,3-9H2,1-2H3. The van der Waals surface area contributed by atoms with Crippen LogP contribution in [0.4, 0.5) is 13.2 Å². The molecule has 3 nitrogen and oxygen atoms in total. The average molecular weight is 268 g/mol. The molecule has 1 heterocycles. The molecular formula is C12H23F3N2O. The van der Waals surface area contributed by atoms with E-state index in [2.05, 4.69) is 10.2 Å². The van der Waals surface area contributed by atoms with Gasteiger partial charge in [-0.05, 0) is 26.3 Å². The number of ether oxygens (including phenoxy) is 1. The van der Waals surface area contributed by atoms with Crippen LogP contribution in [0, 0.1) is 0 Å². The van der Waals surface area contributed by atoms with Crippen molar-refractivity contribution in [1.29, 1.82) is 0 Å². The zero-order chi connectivity index (χ0) is 13.6. The van der Waals surface area contributed by atoms with Crippen molar-refractivity contribution in [3.05, 3.63) is 0 Å². The minimum atomic E-state index is -4.13. The highest BCUT2D eigenvalue weighted by Crippen LogP contribution is 2.15. The van der Waals surface area contributed by atoms with Crippen LogP contribution in [0.15, 0.2) is 0 Å². The highest BCUT2D eigenvalue weighted by molar-refractivity contribution is 4.75. The molecule has 2 unspecified atom stereocenters.